The summed E-state index contributed by atoms with van der Waals surface area (Å²) in [5.74, 6) is 0.113. The quantitative estimate of drug-likeness (QED) is 0.451. The Morgan fingerprint density at radius 2 is 2.10 bits per heavy atom. The number of thiophene rings is 1. The summed E-state index contributed by atoms with van der Waals surface area (Å²) in [6, 6.07) is 10.1. The molecule has 3 heterocycles. The maximum atomic E-state index is 13.1. The molecule has 3 aromatic rings. The van der Waals surface area contributed by atoms with Gasteiger partial charge >= 0.3 is 0 Å². The summed E-state index contributed by atoms with van der Waals surface area (Å²) in [4.78, 5) is 23.2. The highest BCUT2D eigenvalue weighted by Crippen LogP contribution is 2.31. The highest BCUT2D eigenvalue weighted by atomic mass is 79.9. The van der Waals surface area contributed by atoms with Crippen molar-refractivity contribution in [1.82, 2.24) is 9.88 Å². The summed E-state index contributed by atoms with van der Waals surface area (Å²) < 4.78 is 7.54. The molecule has 0 spiro atoms. The number of ether oxygens (including phenoxy) is 1. The van der Waals surface area contributed by atoms with Crippen LogP contribution >= 0.6 is 51.0 Å². The highest BCUT2D eigenvalue weighted by Gasteiger charge is 2.21. The maximum absolute atomic E-state index is 13.1. The molecular weight excluding hydrogens is 494 g/mol. The van der Waals surface area contributed by atoms with Crippen LogP contribution in [0.4, 0.5) is 5.13 Å². The Hall–Kier alpha value is -1.03. The van der Waals surface area contributed by atoms with Gasteiger partial charge in [-0.05, 0) is 36.1 Å². The van der Waals surface area contributed by atoms with Crippen LogP contribution in [0.2, 0.25) is 0 Å². The van der Waals surface area contributed by atoms with Gasteiger partial charge in [0.2, 0.25) is 5.91 Å². The molecular formula is C20H23BrClN3O2S2. The van der Waals surface area contributed by atoms with E-state index < -0.39 is 0 Å². The maximum Gasteiger partial charge on any atom is 0.234 e. The summed E-state index contributed by atoms with van der Waals surface area (Å²) in [5.41, 5.74) is 0.935. The van der Waals surface area contributed by atoms with Crippen LogP contribution in [-0.2, 0) is 16.0 Å². The molecule has 5 nitrogen and oxygen atoms in total. The topological polar surface area (TPSA) is 45.7 Å². The number of nitrogens with zero attached hydrogens (tertiary/aromatic N) is 3. The van der Waals surface area contributed by atoms with Crippen LogP contribution in [-0.4, -0.2) is 55.2 Å². The van der Waals surface area contributed by atoms with Crippen molar-refractivity contribution in [3.63, 3.8) is 0 Å². The predicted molar refractivity (Wildman–Crippen MR) is 127 cm³/mol. The van der Waals surface area contributed by atoms with Crippen molar-refractivity contribution in [3.05, 3.63) is 45.1 Å². The Morgan fingerprint density at radius 1 is 1.28 bits per heavy atom. The van der Waals surface area contributed by atoms with Crippen molar-refractivity contribution < 1.29 is 9.53 Å². The molecule has 1 aliphatic heterocycles. The number of benzene rings is 1. The molecule has 0 atom stereocenters. The number of rotatable bonds is 7. The van der Waals surface area contributed by atoms with Crippen molar-refractivity contribution in [3.8, 4) is 0 Å². The van der Waals surface area contributed by atoms with Crippen LogP contribution in [0, 0.1) is 0 Å². The van der Waals surface area contributed by atoms with E-state index in [9.17, 15) is 4.79 Å². The average Bonchev–Trinajstić information content (AvgIpc) is 3.35. The zero-order valence-corrected chi connectivity index (χ0v) is 19.9. The lowest BCUT2D eigenvalue weighted by atomic mass is 10.3. The zero-order chi connectivity index (χ0) is 19.3. The molecule has 1 aromatic carbocycles. The van der Waals surface area contributed by atoms with Crippen molar-refractivity contribution in [1.29, 1.82) is 0 Å². The minimum atomic E-state index is 0. The third-order valence-electron chi connectivity index (χ3n) is 4.74. The molecule has 0 aliphatic carbocycles. The predicted octanol–water partition coefficient (Wildman–Crippen LogP) is 4.84. The molecule has 1 saturated heterocycles. The van der Waals surface area contributed by atoms with E-state index >= 15 is 0 Å². The molecule has 4 rings (SSSR count). The van der Waals surface area contributed by atoms with Crippen LogP contribution < -0.4 is 4.90 Å². The Morgan fingerprint density at radius 3 is 2.86 bits per heavy atom. The number of carbonyl (C=O) groups excluding carboxylic acids is 1. The smallest absolute Gasteiger partial charge is 0.234 e. The van der Waals surface area contributed by atoms with E-state index in [2.05, 4.69) is 26.9 Å². The Labute approximate surface area is 193 Å². The molecule has 1 aliphatic rings. The van der Waals surface area contributed by atoms with Gasteiger partial charge in [0.25, 0.3) is 0 Å². The molecule has 29 heavy (non-hydrogen) atoms. The number of fused-ring (bicyclic) bond motifs is 1. The number of amides is 1. The normalized spacial score (nSPS) is 14.7. The van der Waals surface area contributed by atoms with Gasteiger partial charge in [0.15, 0.2) is 5.13 Å². The first kappa shape index (κ1) is 22.7. The average molecular weight is 517 g/mol. The summed E-state index contributed by atoms with van der Waals surface area (Å²) >= 11 is 6.72. The van der Waals surface area contributed by atoms with Gasteiger partial charge in [-0.3, -0.25) is 14.6 Å². The number of halogens is 2. The third kappa shape index (κ3) is 5.99. The number of morpholine rings is 1. The number of hydrogen-bond acceptors (Lipinski definition) is 6. The molecule has 0 radical (unpaired) electrons. The van der Waals surface area contributed by atoms with Gasteiger partial charge in [0.05, 0.1) is 29.9 Å². The van der Waals surface area contributed by atoms with Crippen molar-refractivity contribution in [2.24, 2.45) is 0 Å². The number of carbonyl (C=O) groups is 1. The zero-order valence-electron chi connectivity index (χ0n) is 15.9. The lowest BCUT2D eigenvalue weighted by molar-refractivity contribution is -0.118. The van der Waals surface area contributed by atoms with Crippen molar-refractivity contribution in [2.45, 2.75) is 12.8 Å². The fourth-order valence-corrected chi connectivity index (χ4v) is 5.52. The first-order chi connectivity index (χ1) is 13.7. The SMILES string of the molecule is Cl.O=C(Cc1cccs1)N(CCCN1CCOCC1)c1nc2ccc(Br)cc2s1. The fraction of sp³-hybridized carbons (Fsp3) is 0.400. The molecule has 2 aromatic heterocycles. The van der Waals surface area contributed by atoms with Gasteiger partial charge < -0.3 is 4.74 Å². The summed E-state index contributed by atoms with van der Waals surface area (Å²) in [5, 5.41) is 2.80. The molecule has 0 bridgehead atoms. The van der Waals surface area contributed by atoms with Crippen LogP contribution in [0.3, 0.4) is 0 Å². The first-order valence-corrected chi connectivity index (χ1v) is 11.9. The van der Waals surface area contributed by atoms with E-state index in [1.165, 1.54) is 0 Å². The minimum absolute atomic E-state index is 0. The van der Waals surface area contributed by atoms with Gasteiger partial charge in [-0.15, -0.1) is 23.7 Å². The van der Waals surface area contributed by atoms with Crippen LogP contribution in [0.1, 0.15) is 11.3 Å². The van der Waals surface area contributed by atoms with Crippen molar-refractivity contribution in [2.75, 3.05) is 44.3 Å². The largest absolute Gasteiger partial charge is 0.379 e. The Bertz CT molecular complexity index is 929. The summed E-state index contributed by atoms with van der Waals surface area (Å²) in [6.07, 6.45) is 1.35. The van der Waals surface area contributed by atoms with Gasteiger partial charge in [0.1, 0.15) is 0 Å². The Kier molecular flexibility index (Phi) is 8.46. The fourth-order valence-electron chi connectivity index (χ4n) is 3.26. The molecule has 0 N–H and O–H groups in total. The van der Waals surface area contributed by atoms with E-state index in [1.54, 1.807) is 22.7 Å². The second-order valence-corrected chi connectivity index (χ2v) is 9.67. The lowest BCUT2D eigenvalue weighted by Gasteiger charge is -2.27. The second kappa shape index (κ2) is 10.8. The monoisotopic (exact) mass is 515 g/mol. The van der Waals surface area contributed by atoms with Gasteiger partial charge in [-0.1, -0.05) is 33.3 Å². The first-order valence-electron chi connectivity index (χ1n) is 9.38. The molecule has 1 fully saturated rings. The minimum Gasteiger partial charge on any atom is -0.379 e. The molecule has 0 saturated carbocycles. The number of aromatic nitrogens is 1. The summed E-state index contributed by atoms with van der Waals surface area (Å²) in [7, 11) is 0. The van der Waals surface area contributed by atoms with E-state index in [0.29, 0.717) is 13.0 Å². The van der Waals surface area contributed by atoms with Crippen molar-refractivity contribution >= 4 is 72.3 Å². The molecule has 0 unspecified atom stereocenters. The van der Waals surface area contributed by atoms with Crippen LogP contribution in [0.15, 0.2) is 40.2 Å². The molecule has 1 amide bonds. The van der Waals surface area contributed by atoms with E-state index in [-0.39, 0.29) is 18.3 Å². The van der Waals surface area contributed by atoms with E-state index in [0.717, 1.165) is 64.0 Å². The second-order valence-electron chi connectivity index (χ2n) is 6.72. The van der Waals surface area contributed by atoms with E-state index in [4.69, 9.17) is 9.72 Å². The number of anilines is 1. The van der Waals surface area contributed by atoms with E-state index in [1.807, 2.05) is 34.5 Å². The van der Waals surface area contributed by atoms with Crippen LogP contribution in [0.5, 0.6) is 0 Å². The summed E-state index contributed by atoms with van der Waals surface area (Å²) in [6.45, 7) is 5.20. The lowest BCUT2D eigenvalue weighted by Crippen LogP contribution is -2.39. The van der Waals surface area contributed by atoms with Crippen LogP contribution in [0.25, 0.3) is 10.2 Å². The van der Waals surface area contributed by atoms with Gasteiger partial charge in [-0.25, -0.2) is 4.98 Å². The molecule has 9 heteroatoms. The number of thiazole rings is 1. The van der Waals surface area contributed by atoms with Gasteiger partial charge in [-0.2, -0.15) is 0 Å². The highest BCUT2D eigenvalue weighted by molar-refractivity contribution is 9.10. The number of hydrogen-bond donors (Lipinski definition) is 0. The Balaban J connectivity index is 0.00000240. The molecule has 156 valence electrons. The standard InChI is InChI=1S/C20H22BrN3O2S2.ClH/c21-15-4-5-17-18(13-15)28-20(22-17)24(19(25)14-16-3-1-12-27-16)7-2-6-23-8-10-26-11-9-23;/h1,3-5,12-13H,2,6-11,14H2;1H. The van der Waals surface area contributed by atoms with Gasteiger partial charge in [0, 0.05) is 35.5 Å². The third-order valence-corrected chi connectivity index (χ3v) is 7.15.